The van der Waals surface area contributed by atoms with Crippen LogP contribution in [0.15, 0.2) is 54.1 Å². The van der Waals surface area contributed by atoms with Crippen LogP contribution >= 0.6 is 8.20 Å². The number of likely N-dealkylation sites (tertiary alicyclic amines) is 1. The molecular formula is C22H29N2O2P. The first kappa shape index (κ1) is 20.0. The Morgan fingerprint density at radius 1 is 1.37 bits per heavy atom. The van der Waals surface area contributed by atoms with E-state index in [1.807, 2.05) is 36.4 Å². The largest absolute Gasteiger partial charge is 0.392 e. The Morgan fingerprint density at radius 3 is 2.74 bits per heavy atom. The van der Waals surface area contributed by atoms with Gasteiger partial charge in [0, 0.05) is 6.54 Å². The predicted octanol–water partition coefficient (Wildman–Crippen LogP) is 2.95. The zero-order valence-corrected chi connectivity index (χ0v) is 16.7. The number of aliphatic hydroxyl groups is 1. The van der Waals surface area contributed by atoms with Crippen molar-refractivity contribution >= 4 is 20.4 Å². The predicted molar refractivity (Wildman–Crippen MR) is 113 cm³/mol. The van der Waals surface area contributed by atoms with Gasteiger partial charge in [-0.15, -0.1) is 0 Å². The van der Waals surface area contributed by atoms with Crippen LogP contribution in [0.3, 0.4) is 0 Å². The molecule has 0 aromatic heterocycles. The van der Waals surface area contributed by atoms with Crippen LogP contribution in [0.1, 0.15) is 24.8 Å². The minimum absolute atomic E-state index is 0.121. The summed E-state index contributed by atoms with van der Waals surface area (Å²) in [5, 5.41) is 8.47. The maximum atomic E-state index is 12.5. The molecule has 3 rings (SSSR count). The third kappa shape index (κ3) is 4.24. The number of primary amides is 1. The highest BCUT2D eigenvalue weighted by atomic mass is 31.1. The molecular weight excluding hydrogens is 355 g/mol. The fourth-order valence-electron chi connectivity index (χ4n) is 4.34. The number of hydrogen-bond acceptors (Lipinski definition) is 3. The Labute approximate surface area is 163 Å². The topological polar surface area (TPSA) is 66.6 Å². The van der Waals surface area contributed by atoms with Crippen molar-refractivity contribution in [3.05, 3.63) is 59.7 Å². The molecule has 1 aliphatic carbocycles. The lowest BCUT2D eigenvalue weighted by Gasteiger charge is -2.33. The van der Waals surface area contributed by atoms with Gasteiger partial charge in [0.25, 0.3) is 0 Å². The van der Waals surface area contributed by atoms with Crippen LogP contribution in [0.4, 0.5) is 0 Å². The van der Waals surface area contributed by atoms with E-state index in [-0.39, 0.29) is 18.4 Å². The van der Waals surface area contributed by atoms with Gasteiger partial charge in [0.15, 0.2) is 0 Å². The standard InChI is InChI=1S/C22H29N2O2P/c1-27-22(21(23)26,19-5-3-2-4-6-19)20-12-14-24(15-20)13-11-17-7-9-18(16-25)10-8-17/h2-7,9-10,17,20,25H,1,8,11-16H2,(H2,23,26)/t17?,20-,22?/m1/s1. The molecule has 0 radical (unpaired) electrons. The highest BCUT2D eigenvalue weighted by Crippen LogP contribution is 2.46. The van der Waals surface area contributed by atoms with Crippen molar-refractivity contribution in [2.24, 2.45) is 17.6 Å². The van der Waals surface area contributed by atoms with Gasteiger partial charge >= 0.3 is 0 Å². The quantitative estimate of drug-likeness (QED) is 0.677. The van der Waals surface area contributed by atoms with Gasteiger partial charge < -0.3 is 15.7 Å². The van der Waals surface area contributed by atoms with E-state index >= 15 is 0 Å². The van der Waals surface area contributed by atoms with E-state index in [1.165, 1.54) is 0 Å². The molecule has 1 aromatic rings. The average Bonchev–Trinajstić information content (AvgIpc) is 3.17. The highest BCUT2D eigenvalue weighted by molar-refractivity contribution is 7.39. The number of amides is 1. The van der Waals surface area contributed by atoms with Gasteiger partial charge in [-0.05, 0) is 55.3 Å². The Bertz CT molecular complexity index is 731. The van der Waals surface area contributed by atoms with Gasteiger partial charge in [0.05, 0.1) is 6.61 Å². The summed E-state index contributed by atoms with van der Waals surface area (Å²) < 4.78 is 0. The molecule has 2 unspecified atom stereocenters. The summed E-state index contributed by atoms with van der Waals surface area (Å²) in [5.74, 6) is 0.453. The third-order valence-corrected chi connectivity index (χ3v) is 7.31. The second-order valence-electron chi connectivity index (χ2n) is 7.52. The minimum Gasteiger partial charge on any atom is -0.392 e. The van der Waals surface area contributed by atoms with E-state index in [9.17, 15) is 9.90 Å². The van der Waals surface area contributed by atoms with E-state index in [1.54, 1.807) is 0 Å². The van der Waals surface area contributed by atoms with Crippen molar-refractivity contribution in [2.75, 3.05) is 26.2 Å². The number of hydrogen-bond donors (Lipinski definition) is 2. The number of carbonyl (C=O) groups excluding carboxylic acids is 1. The first-order chi connectivity index (χ1) is 13.1. The second-order valence-corrected chi connectivity index (χ2v) is 8.54. The summed E-state index contributed by atoms with van der Waals surface area (Å²) in [4.78, 5) is 15.0. The molecule has 1 saturated heterocycles. The van der Waals surface area contributed by atoms with Gasteiger partial charge in [-0.1, -0.05) is 63.1 Å². The average molecular weight is 384 g/mol. The zero-order valence-electron chi connectivity index (χ0n) is 15.8. The molecule has 5 heteroatoms. The van der Waals surface area contributed by atoms with Crippen LogP contribution < -0.4 is 5.73 Å². The van der Waals surface area contributed by atoms with Gasteiger partial charge in [0.2, 0.25) is 5.91 Å². The molecule has 2 aliphatic rings. The Kier molecular flexibility index (Phi) is 6.64. The van der Waals surface area contributed by atoms with Crippen molar-refractivity contribution in [1.29, 1.82) is 0 Å². The van der Waals surface area contributed by atoms with Crippen LogP contribution in [-0.2, 0) is 9.95 Å². The van der Waals surface area contributed by atoms with Crippen LogP contribution in [-0.4, -0.2) is 48.5 Å². The molecule has 3 N–H and O–H groups in total. The van der Waals surface area contributed by atoms with Crippen molar-refractivity contribution in [3.8, 4) is 0 Å². The summed E-state index contributed by atoms with van der Waals surface area (Å²) in [6, 6.07) is 9.90. The van der Waals surface area contributed by atoms with Gasteiger partial charge in [-0.3, -0.25) is 4.79 Å². The SMILES string of the molecule is C=PC(C(N)=O)(c1ccccc1)[C@@H]1CCN(CCC2C=CC(CO)=CC2)C1. The van der Waals surface area contributed by atoms with Crippen molar-refractivity contribution < 1.29 is 9.90 Å². The van der Waals surface area contributed by atoms with E-state index in [0.717, 1.165) is 58.2 Å². The fourth-order valence-corrected chi connectivity index (χ4v) is 5.29. The first-order valence-corrected chi connectivity index (χ1v) is 10.7. The Balaban J connectivity index is 1.63. The monoisotopic (exact) mass is 384 g/mol. The van der Waals surface area contributed by atoms with Crippen LogP contribution in [0, 0.1) is 11.8 Å². The van der Waals surface area contributed by atoms with E-state index in [4.69, 9.17) is 5.73 Å². The van der Waals surface area contributed by atoms with Gasteiger partial charge in [-0.2, -0.15) is 0 Å². The molecule has 0 bridgehead atoms. The smallest absolute Gasteiger partial charge is 0.236 e. The molecule has 4 nitrogen and oxygen atoms in total. The van der Waals surface area contributed by atoms with Crippen molar-refractivity contribution in [2.45, 2.75) is 24.4 Å². The van der Waals surface area contributed by atoms with Crippen LogP contribution in [0.25, 0.3) is 0 Å². The molecule has 0 spiro atoms. The minimum atomic E-state index is -0.709. The summed E-state index contributed by atoms with van der Waals surface area (Å²) in [6.07, 6.45) is 13.5. The molecule has 27 heavy (non-hydrogen) atoms. The van der Waals surface area contributed by atoms with Gasteiger partial charge in [-0.25, -0.2) is 0 Å². The van der Waals surface area contributed by atoms with Crippen molar-refractivity contribution in [1.82, 2.24) is 4.90 Å². The molecule has 144 valence electrons. The van der Waals surface area contributed by atoms with Gasteiger partial charge in [0.1, 0.15) is 5.16 Å². The fraction of sp³-hybridized carbons (Fsp3) is 0.455. The second kappa shape index (κ2) is 8.97. The lowest BCUT2D eigenvalue weighted by Crippen LogP contribution is -2.44. The molecule has 1 amide bonds. The summed E-state index contributed by atoms with van der Waals surface area (Å²) in [6.45, 7) is 3.02. The number of carbonyl (C=O) groups is 1. The Hall–Kier alpha value is -1.74. The number of nitrogens with zero attached hydrogens (tertiary/aromatic N) is 1. The number of rotatable bonds is 8. The highest BCUT2D eigenvalue weighted by Gasteiger charge is 2.46. The van der Waals surface area contributed by atoms with E-state index < -0.39 is 5.16 Å². The summed E-state index contributed by atoms with van der Waals surface area (Å²) >= 11 is 0. The molecule has 0 saturated carbocycles. The summed E-state index contributed by atoms with van der Waals surface area (Å²) in [7, 11) is 0.772. The third-order valence-electron chi connectivity index (χ3n) is 5.97. The first-order valence-electron chi connectivity index (χ1n) is 9.64. The maximum absolute atomic E-state index is 12.5. The number of allylic oxidation sites excluding steroid dienone is 2. The lowest BCUT2D eigenvalue weighted by atomic mass is 9.83. The van der Waals surface area contributed by atoms with Crippen LogP contribution in [0.2, 0.25) is 0 Å². The Morgan fingerprint density at radius 2 is 2.15 bits per heavy atom. The van der Waals surface area contributed by atoms with Crippen LogP contribution in [0.5, 0.6) is 0 Å². The molecule has 3 atom stereocenters. The number of aliphatic hydroxyl groups excluding tert-OH is 1. The van der Waals surface area contributed by atoms with E-state index in [0.29, 0.717) is 5.92 Å². The summed E-state index contributed by atoms with van der Waals surface area (Å²) in [5.41, 5.74) is 7.91. The maximum Gasteiger partial charge on any atom is 0.236 e. The molecule has 1 aromatic carbocycles. The molecule has 1 aliphatic heterocycles. The van der Waals surface area contributed by atoms with E-state index in [2.05, 4.69) is 23.4 Å². The zero-order chi connectivity index (χ0) is 19.3. The van der Waals surface area contributed by atoms with Crippen molar-refractivity contribution in [3.63, 3.8) is 0 Å². The molecule has 1 fully saturated rings. The number of benzene rings is 1. The normalized spacial score (nSPS) is 25.3. The molecule has 1 heterocycles. The lowest BCUT2D eigenvalue weighted by molar-refractivity contribution is -0.121. The number of nitrogens with two attached hydrogens (primary N) is 1.